The number of rotatable bonds is 6. The Hall–Kier alpha value is -3.52. The van der Waals surface area contributed by atoms with E-state index in [9.17, 15) is 19.2 Å². The van der Waals surface area contributed by atoms with Crippen molar-refractivity contribution in [2.45, 2.75) is 20.4 Å². The summed E-state index contributed by atoms with van der Waals surface area (Å²) in [6.07, 6.45) is 0. The Morgan fingerprint density at radius 1 is 1.10 bits per heavy atom. The van der Waals surface area contributed by atoms with E-state index in [1.54, 1.807) is 12.1 Å². The van der Waals surface area contributed by atoms with Crippen molar-refractivity contribution in [2.24, 2.45) is 0 Å². The molecule has 1 aliphatic heterocycles. The van der Waals surface area contributed by atoms with Gasteiger partial charge in [-0.3, -0.25) is 24.1 Å². The highest BCUT2D eigenvalue weighted by molar-refractivity contribution is 7.12. The van der Waals surface area contributed by atoms with Crippen LogP contribution in [0.3, 0.4) is 0 Å². The van der Waals surface area contributed by atoms with Gasteiger partial charge in [0.05, 0.1) is 17.1 Å². The molecule has 2 N–H and O–H groups in total. The molecule has 0 saturated heterocycles. The molecule has 0 aliphatic carbocycles. The van der Waals surface area contributed by atoms with E-state index in [-0.39, 0.29) is 35.5 Å². The van der Waals surface area contributed by atoms with Crippen molar-refractivity contribution in [3.8, 4) is 11.1 Å². The van der Waals surface area contributed by atoms with Crippen LogP contribution < -0.4 is 10.6 Å². The molecule has 1 aromatic carbocycles. The van der Waals surface area contributed by atoms with Crippen molar-refractivity contribution in [2.75, 3.05) is 5.32 Å². The zero-order valence-electron chi connectivity index (χ0n) is 16.0. The third kappa shape index (κ3) is 4.02. The number of carbonyl (C=O) groups is 4. The van der Waals surface area contributed by atoms with Gasteiger partial charge in [-0.25, -0.2) is 0 Å². The summed E-state index contributed by atoms with van der Waals surface area (Å²) in [5.74, 6) is -1.47. The van der Waals surface area contributed by atoms with Crippen LogP contribution in [0.4, 0.5) is 5.69 Å². The maximum atomic E-state index is 12.7. The largest absolute Gasteiger partial charge is 0.326 e. The monoisotopic (exact) mass is 409 g/mol. The molecule has 8 heteroatoms. The summed E-state index contributed by atoms with van der Waals surface area (Å²) in [5.41, 5.74) is 3.17. The number of nitrogens with zero attached hydrogens (tertiary/aromatic N) is 1. The second-order valence-electron chi connectivity index (χ2n) is 6.54. The van der Waals surface area contributed by atoms with Gasteiger partial charge in [-0.2, -0.15) is 0 Å². The number of allylic oxidation sites excluding steroid dienone is 1. The molecule has 0 spiro atoms. The highest BCUT2D eigenvalue weighted by atomic mass is 32.1. The molecule has 7 nitrogen and oxygen atoms in total. The Labute approximate surface area is 171 Å². The van der Waals surface area contributed by atoms with Crippen molar-refractivity contribution in [1.82, 2.24) is 10.2 Å². The fraction of sp³-hybridized carbons (Fsp3) is 0.143. The van der Waals surface area contributed by atoms with Crippen LogP contribution in [0.5, 0.6) is 0 Å². The van der Waals surface area contributed by atoms with Gasteiger partial charge in [-0.05, 0) is 28.6 Å². The van der Waals surface area contributed by atoms with E-state index in [4.69, 9.17) is 0 Å². The highest BCUT2D eigenvalue weighted by Gasteiger charge is 2.35. The molecule has 3 rings (SSSR count). The minimum absolute atomic E-state index is 0.0484. The molecule has 0 fully saturated rings. The molecular formula is C21H19N3O4S. The molecule has 0 bridgehead atoms. The lowest BCUT2D eigenvalue weighted by Crippen LogP contribution is -2.35. The van der Waals surface area contributed by atoms with Gasteiger partial charge in [0, 0.05) is 25.1 Å². The second kappa shape index (κ2) is 7.84. The molecular weight excluding hydrogens is 390 g/mol. The molecule has 1 aliphatic rings. The van der Waals surface area contributed by atoms with E-state index in [1.807, 2.05) is 17.5 Å². The first-order chi connectivity index (χ1) is 13.7. The summed E-state index contributed by atoms with van der Waals surface area (Å²) in [7, 11) is 0. The van der Waals surface area contributed by atoms with Gasteiger partial charge in [0.2, 0.25) is 5.91 Å². The Kier molecular flexibility index (Phi) is 5.47. The third-order valence-corrected chi connectivity index (χ3v) is 5.45. The zero-order valence-corrected chi connectivity index (χ0v) is 16.8. The quantitative estimate of drug-likeness (QED) is 0.717. The van der Waals surface area contributed by atoms with E-state index in [0.717, 1.165) is 16.7 Å². The number of anilines is 1. The second-order valence-corrected chi connectivity index (χ2v) is 7.42. The maximum Gasteiger partial charge on any atom is 0.271 e. The number of Topliss-reactive ketones (excluding diaryl/α,β-unsaturated/α-hetero) is 1. The summed E-state index contributed by atoms with van der Waals surface area (Å²) in [6.45, 7) is 10.1. The standard InChI is InChI=1S/C21H19N3O4S/c1-11(13(3)25)22-20(27)12(2)24-9-17-18(10-29-19(17)21(24)28)15-5-7-16(8-6-15)23-14(4)26/h5-8,10H,1-2,9H2,3-4H3,(H,22,27)(H,23,26). The topological polar surface area (TPSA) is 95.6 Å². The maximum absolute atomic E-state index is 12.7. The predicted molar refractivity (Wildman–Crippen MR) is 111 cm³/mol. The number of carbonyl (C=O) groups excluding carboxylic acids is 4. The number of hydrogen-bond donors (Lipinski definition) is 2. The molecule has 0 saturated carbocycles. The minimum Gasteiger partial charge on any atom is -0.326 e. The number of amides is 3. The molecule has 148 valence electrons. The number of fused-ring (bicyclic) bond motifs is 1. The first kappa shape index (κ1) is 20.2. The summed E-state index contributed by atoms with van der Waals surface area (Å²) >= 11 is 1.30. The van der Waals surface area contributed by atoms with E-state index < -0.39 is 5.91 Å². The number of benzene rings is 1. The lowest BCUT2D eigenvalue weighted by Gasteiger charge is -2.18. The summed E-state index contributed by atoms with van der Waals surface area (Å²) in [4.78, 5) is 49.3. The average molecular weight is 409 g/mol. The molecule has 0 unspecified atom stereocenters. The van der Waals surface area contributed by atoms with Gasteiger partial charge < -0.3 is 10.6 Å². The van der Waals surface area contributed by atoms with Crippen molar-refractivity contribution in [1.29, 1.82) is 0 Å². The summed E-state index contributed by atoms with van der Waals surface area (Å²) in [6, 6.07) is 7.29. The van der Waals surface area contributed by atoms with Crippen LogP contribution in [0.25, 0.3) is 11.1 Å². The van der Waals surface area contributed by atoms with Crippen LogP contribution in [-0.4, -0.2) is 28.4 Å². The molecule has 1 aromatic heterocycles. The smallest absolute Gasteiger partial charge is 0.271 e. The molecule has 2 aromatic rings. The van der Waals surface area contributed by atoms with Gasteiger partial charge in [0.25, 0.3) is 11.8 Å². The Bertz CT molecular complexity index is 1070. The molecule has 2 heterocycles. The van der Waals surface area contributed by atoms with Crippen LogP contribution in [0.2, 0.25) is 0 Å². The van der Waals surface area contributed by atoms with Crippen LogP contribution in [0.15, 0.2) is 54.2 Å². The van der Waals surface area contributed by atoms with Crippen LogP contribution in [-0.2, 0) is 20.9 Å². The van der Waals surface area contributed by atoms with Crippen molar-refractivity contribution in [3.63, 3.8) is 0 Å². The van der Waals surface area contributed by atoms with Gasteiger partial charge in [-0.15, -0.1) is 11.3 Å². The van der Waals surface area contributed by atoms with Gasteiger partial charge in [-0.1, -0.05) is 25.3 Å². The fourth-order valence-electron chi connectivity index (χ4n) is 2.89. The van der Waals surface area contributed by atoms with Crippen LogP contribution in [0.1, 0.15) is 29.1 Å². The van der Waals surface area contributed by atoms with E-state index in [1.165, 1.54) is 30.1 Å². The minimum atomic E-state index is -0.644. The van der Waals surface area contributed by atoms with Gasteiger partial charge in [0.1, 0.15) is 5.70 Å². The Balaban J connectivity index is 1.80. The van der Waals surface area contributed by atoms with Crippen molar-refractivity contribution in [3.05, 3.63) is 64.6 Å². The zero-order chi connectivity index (χ0) is 21.3. The van der Waals surface area contributed by atoms with Crippen molar-refractivity contribution < 1.29 is 19.2 Å². The Morgan fingerprint density at radius 3 is 2.34 bits per heavy atom. The van der Waals surface area contributed by atoms with E-state index in [2.05, 4.69) is 23.8 Å². The highest BCUT2D eigenvalue weighted by Crippen LogP contribution is 2.39. The van der Waals surface area contributed by atoms with Crippen molar-refractivity contribution >= 4 is 40.5 Å². The first-order valence-corrected chi connectivity index (χ1v) is 9.57. The molecule has 3 amide bonds. The lowest BCUT2D eigenvalue weighted by atomic mass is 10.0. The van der Waals surface area contributed by atoms with Crippen LogP contribution in [0, 0.1) is 0 Å². The average Bonchev–Trinajstić information content (AvgIpc) is 3.21. The fourth-order valence-corrected chi connectivity index (χ4v) is 3.93. The number of thiophene rings is 1. The van der Waals surface area contributed by atoms with Crippen LogP contribution >= 0.6 is 11.3 Å². The normalized spacial score (nSPS) is 12.3. The number of nitrogens with one attached hydrogen (secondary N) is 2. The summed E-state index contributed by atoms with van der Waals surface area (Å²) in [5, 5.41) is 6.96. The molecule has 0 radical (unpaired) electrons. The first-order valence-electron chi connectivity index (χ1n) is 8.69. The van der Waals surface area contributed by atoms with Gasteiger partial charge >= 0.3 is 0 Å². The van der Waals surface area contributed by atoms with E-state index >= 15 is 0 Å². The number of hydrogen-bond acceptors (Lipinski definition) is 5. The predicted octanol–water partition coefficient (Wildman–Crippen LogP) is 3.06. The number of ketones is 1. The molecule has 0 atom stereocenters. The molecule has 29 heavy (non-hydrogen) atoms. The lowest BCUT2D eigenvalue weighted by molar-refractivity contribution is -0.120. The van der Waals surface area contributed by atoms with Gasteiger partial charge in [0.15, 0.2) is 5.78 Å². The van der Waals surface area contributed by atoms with E-state index in [0.29, 0.717) is 10.6 Å². The SMILES string of the molecule is C=C(NC(=O)C(=C)N1Cc2c(-c3ccc(NC(C)=O)cc3)csc2C1=O)C(C)=O. The summed E-state index contributed by atoms with van der Waals surface area (Å²) < 4.78 is 0. The third-order valence-electron chi connectivity index (χ3n) is 4.44. The Morgan fingerprint density at radius 2 is 1.76 bits per heavy atom.